The highest BCUT2D eigenvalue weighted by atomic mass is 16.5. The molecule has 0 amide bonds. The summed E-state index contributed by atoms with van der Waals surface area (Å²) in [7, 11) is 0. The van der Waals surface area contributed by atoms with Gasteiger partial charge in [-0.2, -0.15) is 0 Å². The summed E-state index contributed by atoms with van der Waals surface area (Å²) in [6.07, 6.45) is 0. The molecule has 0 fully saturated rings. The van der Waals surface area contributed by atoms with E-state index in [1.165, 1.54) is 16.8 Å². The minimum atomic E-state index is -0.0319. The van der Waals surface area contributed by atoms with Crippen LogP contribution in [0.3, 0.4) is 0 Å². The van der Waals surface area contributed by atoms with Gasteiger partial charge in [0.25, 0.3) is 0 Å². The molecule has 0 saturated heterocycles. The molecule has 0 N–H and O–H groups in total. The van der Waals surface area contributed by atoms with Crippen LogP contribution in [0.15, 0.2) is 48.5 Å². The van der Waals surface area contributed by atoms with Gasteiger partial charge in [-0.15, -0.1) is 0 Å². The number of nitrogens with zero attached hydrogens (tertiary/aromatic N) is 1. The van der Waals surface area contributed by atoms with Crippen molar-refractivity contribution in [2.45, 2.75) is 79.9 Å². The molecule has 0 aromatic heterocycles. The van der Waals surface area contributed by atoms with Crippen LogP contribution in [-0.2, 0) is 12.0 Å². The molecule has 1 aliphatic rings. The van der Waals surface area contributed by atoms with Crippen molar-refractivity contribution in [2.75, 3.05) is 11.4 Å². The topological polar surface area (TPSA) is 12.5 Å². The number of hydrogen-bond donors (Lipinski definition) is 0. The lowest BCUT2D eigenvalue weighted by molar-refractivity contribution is 0.0604. The van der Waals surface area contributed by atoms with Crippen molar-refractivity contribution in [3.05, 3.63) is 59.7 Å². The number of anilines is 1. The lowest BCUT2D eigenvalue weighted by Crippen LogP contribution is -2.55. The average Bonchev–Trinajstić information content (AvgIpc) is 2.98. The molecule has 0 saturated carbocycles. The number of rotatable bonds is 3. The second-order valence-electron chi connectivity index (χ2n) is 11.6. The zero-order valence-corrected chi connectivity index (χ0v) is 19.9. The molecule has 0 unspecified atom stereocenters. The van der Waals surface area contributed by atoms with Gasteiger partial charge < -0.3 is 9.64 Å². The lowest BCUT2D eigenvalue weighted by atomic mass is 9.52. The van der Waals surface area contributed by atoms with Crippen LogP contribution >= 0.6 is 0 Å². The maximum absolute atomic E-state index is 6.51. The highest BCUT2D eigenvalue weighted by molar-refractivity contribution is 5.70. The third kappa shape index (κ3) is 3.67. The maximum atomic E-state index is 6.51. The van der Waals surface area contributed by atoms with Crippen LogP contribution in [0.2, 0.25) is 0 Å². The van der Waals surface area contributed by atoms with Gasteiger partial charge >= 0.3 is 0 Å². The first-order valence-electron chi connectivity index (χ1n) is 10.9. The fraction of sp³-hybridized carbons (Fsp3) is 0.556. The van der Waals surface area contributed by atoms with Crippen LogP contribution in [0.4, 0.5) is 5.69 Å². The first kappa shape index (κ1) is 21.7. The maximum Gasteiger partial charge on any atom is 0.125 e. The summed E-state index contributed by atoms with van der Waals surface area (Å²) in [5.74, 6) is 1.03. The Morgan fingerprint density at radius 3 is 1.90 bits per heavy atom. The molecule has 29 heavy (non-hydrogen) atoms. The standard InChI is InChI=1S/C27H39NO/c1-24(2,3)27(25(4,5)6)19-28(26(7,8)9)21-16-13-17-22(23(21)27)29-18-20-14-11-10-12-15-20/h10-17H,18-19H2,1-9H3. The van der Waals surface area contributed by atoms with E-state index >= 15 is 0 Å². The molecule has 0 bridgehead atoms. The summed E-state index contributed by atoms with van der Waals surface area (Å²) in [5.41, 5.74) is 4.07. The van der Waals surface area contributed by atoms with E-state index in [1.54, 1.807) is 0 Å². The van der Waals surface area contributed by atoms with Gasteiger partial charge in [0.15, 0.2) is 0 Å². The Bertz CT molecular complexity index is 833. The van der Waals surface area contributed by atoms with Crippen molar-refractivity contribution < 1.29 is 4.74 Å². The van der Waals surface area contributed by atoms with Gasteiger partial charge in [0, 0.05) is 28.7 Å². The van der Waals surface area contributed by atoms with Gasteiger partial charge in [-0.3, -0.25) is 0 Å². The van der Waals surface area contributed by atoms with Crippen LogP contribution in [0, 0.1) is 10.8 Å². The van der Waals surface area contributed by atoms with Crippen LogP contribution in [-0.4, -0.2) is 12.1 Å². The second kappa shape index (κ2) is 7.07. The van der Waals surface area contributed by atoms with Gasteiger partial charge in [0.2, 0.25) is 0 Å². The van der Waals surface area contributed by atoms with Crippen molar-refractivity contribution in [1.82, 2.24) is 0 Å². The van der Waals surface area contributed by atoms with E-state index in [-0.39, 0.29) is 21.8 Å². The Hall–Kier alpha value is -1.96. The number of ether oxygens (including phenoxy) is 1. The summed E-state index contributed by atoms with van der Waals surface area (Å²) in [6.45, 7) is 22.9. The molecular weight excluding hydrogens is 354 g/mol. The molecule has 1 heterocycles. The summed E-state index contributed by atoms with van der Waals surface area (Å²) in [5, 5.41) is 0. The Labute approximate surface area is 178 Å². The molecule has 0 radical (unpaired) electrons. The number of benzene rings is 2. The van der Waals surface area contributed by atoms with E-state index in [4.69, 9.17) is 4.74 Å². The molecule has 1 aliphatic heterocycles. The second-order valence-corrected chi connectivity index (χ2v) is 11.6. The van der Waals surface area contributed by atoms with Crippen LogP contribution in [0.1, 0.15) is 73.4 Å². The van der Waals surface area contributed by atoms with E-state index in [0.29, 0.717) is 6.61 Å². The molecule has 158 valence electrons. The third-order valence-corrected chi connectivity index (χ3v) is 6.72. The Balaban J connectivity index is 2.19. The summed E-state index contributed by atoms with van der Waals surface area (Å²) in [6, 6.07) is 17.1. The van der Waals surface area contributed by atoms with Gasteiger partial charge in [0.05, 0.1) is 0 Å². The molecular formula is C27H39NO. The van der Waals surface area contributed by atoms with Gasteiger partial charge in [-0.05, 0) is 49.3 Å². The van der Waals surface area contributed by atoms with Crippen LogP contribution in [0.25, 0.3) is 0 Å². The van der Waals surface area contributed by atoms with Crippen molar-refractivity contribution in [2.24, 2.45) is 10.8 Å². The number of fused-ring (bicyclic) bond motifs is 1. The largest absolute Gasteiger partial charge is 0.489 e. The normalized spacial score (nSPS) is 16.7. The lowest BCUT2D eigenvalue weighted by Gasteiger charge is -2.53. The van der Waals surface area contributed by atoms with Crippen molar-refractivity contribution in [3.8, 4) is 5.75 Å². The predicted molar refractivity (Wildman–Crippen MR) is 125 cm³/mol. The zero-order valence-electron chi connectivity index (χ0n) is 19.9. The molecule has 0 atom stereocenters. The fourth-order valence-electron chi connectivity index (χ4n) is 5.38. The first-order chi connectivity index (χ1) is 13.3. The molecule has 2 aromatic rings. The van der Waals surface area contributed by atoms with Gasteiger partial charge in [0.1, 0.15) is 12.4 Å². The minimum absolute atomic E-state index is 0.0319. The van der Waals surface area contributed by atoms with E-state index in [9.17, 15) is 0 Å². The molecule has 2 aromatic carbocycles. The zero-order chi connectivity index (χ0) is 21.7. The van der Waals surface area contributed by atoms with E-state index in [0.717, 1.165) is 12.3 Å². The average molecular weight is 394 g/mol. The van der Waals surface area contributed by atoms with Crippen molar-refractivity contribution >= 4 is 5.69 Å². The quantitative estimate of drug-likeness (QED) is 0.546. The molecule has 2 nitrogen and oxygen atoms in total. The summed E-state index contributed by atoms with van der Waals surface area (Å²) < 4.78 is 6.51. The highest BCUT2D eigenvalue weighted by Crippen LogP contribution is 2.62. The summed E-state index contributed by atoms with van der Waals surface area (Å²) >= 11 is 0. The van der Waals surface area contributed by atoms with E-state index in [1.807, 2.05) is 0 Å². The Morgan fingerprint density at radius 2 is 1.38 bits per heavy atom. The Kier molecular flexibility index (Phi) is 5.30. The SMILES string of the molecule is CC(C)(C)N1CC(C(C)(C)C)(C(C)(C)C)c2c(OCc3ccccc3)cccc21. The van der Waals surface area contributed by atoms with Crippen LogP contribution in [0.5, 0.6) is 5.75 Å². The first-order valence-corrected chi connectivity index (χ1v) is 10.9. The van der Waals surface area contributed by atoms with Gasteiger partial charge in [-0.1, -0.05) is 77.9 Å². The van der Waals surface area contributed by atoms with E-state index < -0.39 is 0 Å². The monoisotopic (exact) mass is 393 g/mol. The Morgan fingerprint density at radius 1 is 0.793 bits per heavy atom. The predicted octanol–water partition coefficient (Wildman–Crippen LogP) is 7.21. The number of hydrogen-bond acceptors (Lipinski definition) is 2. The van der Waals surface area contributed by atoms with E-state index in [2.05, 4.69) is 116 Å². The fourth-order valence-corrected chi connectivity index (χ4v) is 5.38. The minimum Gasteiger partial charge on any atom is -0.489 e. The molecule has 2 heteroatoms. The smallest absolute Gasteiger partial charge is 0.125 e. The molecule has 0 aliphatic carbocycles. The van der Waals surface area contributed by atoms with Crippen molar-refractivity contribution in [3.63, 3.8) is 0 Å². The van der Waals surface area contributed by atoms with Crippen molar-refractivity contribution in [1.29, 1.82) is 0 Å². The highest BCUT2D eigenvalue weighted by Gasteiger charge is 2.59. The van der Waals surface area contributed by atoms with Crippen LogP contribution < -0.4 is 9.64 Å². The summed E-state index contributed by atoms with van der Waals surface area (Å²) in [4.78, 5) is 2.59. The third-order valence-electron chi connectivity index (χ3n) is 6.72. The molecule has 0 spiro atoms. The molecule has 3 rings (SSSR count). The van der Waals surface area contributed by atoms with Gasteiger partial charge in [-0.25, -0.2) is 0 Å².